The second-order valence-corrected chi connectivity index (χ2v) is 3.25. The fourth-order valence-electron chi connectivity index (χ4n) is 0.881. The smallest absolute Gasteiger partial charge is 0.164 e. The lowest BCUT2D eigenvalue weighted by molar-refractivity contribution is 0.493. The number of tetrazole rings is 1. The van der Waals surface area contributed by atoms with Crippen molar-refractivity contribution in [1.29, 1.82) is 0 Å². The fraction of sp³-hybridized carbons (Fsp3) is 0.875. The van der Waals surface area contributed by atoms with E-state index >= 15 is 0 Å². The van der Waals surface area contributed by atoms with Crippen LogP contribution in [-0.4, -0.2) is 20.2 Å². The summed E-state index contributed by atoms with van der Waals surface area (Å²) in [5.41, 5.74) is 0. The third-order valence-corrected chi connectivity index (χ3v) is 1.70. The minimum atomic E-state index is 0.375. The quantitative estimate of drug-likeness (QED) is 0.685. The van der Waals surface area contributed by atoms with Crippen molar-refractivity contribution in [1.82, 2.24) is 20.2 Å². The number of unbranched alkanes of at least 4 members (excludes halogenated alkanes) is 1. The van der Waals surface area contributed by atoms with Gasteiger partial charge in [-0.3, -0.25) is 0 Å². The van der Waals surface area contributed by atoms with Gasteiger partial charge in [0.1, 0.15) is 0 Å². The van der Waals surface area contributed by atoms with Gasteiger partial charge in [0, 0.05) is 5.92 Å². The lowest BCUT2D eigenvalue weighted by Crippen LogP contribution is -2.02. The van der Waals surface area contributed by atoms with E-state index in [0.29, 0.717) is 5.92 Å². The average molecular weight is 168 g/mol. The van der Waals surface area contributed by atoms with E-state index < -0.39 is 0 Å². The van der Waals surface area contributed by atoms with E-state index in [1.54, 1.807) is 4.80 Å². The van der Waals surface area contributed by atoms with Crippen molar-refractivity contribution in [3.63, 3.8) is 0 Å². The van der Waals surface area contributed by atoms with Crippen molar-refractivity contribution < 1.29 is 0 Å². The highest BCUT2D eigenvalue weighted by Gasteiger charge is 2.05. The molecule has 0 amide bonds. The van der Waals surface area contributed by atoms with Gasteiger partial charge < -0.3 is 0 Å². The van der Waals surface area contributed by atoms with Crippen LogP contribution in [0.5, 0.6) is 0 Å². The molecule has 0 aliphatic carbocycles. The summed E-state index contributed by atoms with van der Waals surface area (Å²) in [6.07, 6.45) is 2.28. The Bertz CT molecular complexity index is 229. The molecular formula is C8H16N4. The standard InChI is InChI=1S/C8H16N4/c1-4-5-6-12-10-8(7(2)3)9-11-12/h7H,4-6H2,1-3H3. The number of aromatic nitrogens is 4. The van der Waals surface area contributed by atoms with Crippen LogP contribution >= 0.6 is 0 Å². The molecule has 1 heterocycles. The van der Waals surface area contributed by atoms with Gasteiger partial charge in [-0.05, 0) is 11.6 Å². The first kappa shape index (κ1) is 9.16. The second kappa shape index (κ2) is 4.18. The Morgan fingerprint density at radius 2 is 2.17 bits per heavy atom. The third kappa shape index (κ3) is 2.29. The molecule has 0 saturated carbocycles. The molecule has 1 aromatic rings. The molecule has 0 radical (unpaired) electrons. The topological polar surface area (TPSA) is 43.6 Å². The number of hydrogen-bond acceptors (Lipinski definition) is 3. The number of nitrogens with zero attached hydrogens (tertiary/aromatic N) is 4. The first-order valence-electron chi connectivity index (χ1n) is 4.51. The van der Waals surface area contributed by atoms with E-state index in [4.69, 9.17) is 0 Å². The minimum Gasteiger partial charge on any atom is -0.164 e. The first-order chi connectivity index (χ1) is 5.74. The van der Waals surface area contributed by atoms with Gasteiger partial charge in [-0.1, -0.05) is 27.2 Å². The molecule has 0 bridgehead atoms. The summed E-state index contributed by atoms with van der Waals surface area (Å²) < 4.78 is 0. The molecule has 0 aliphatic heterocycles. The lowest BCUT2D eigenvalue weighted by Gasteiger charge is -1.95. The largest absolute Gasteiger partial charge is 0.177 e. The summed E-state index contributed by atoms with van der Waals surface area (Å²) in [4.78, 5) is 1.68. The van der Waals surface area contributed by atoms with Gasteiger partial charge >= 0.3 is 0 Å². The molecule has 0 fully saturated rings. The van der Waals surface area contributed by atoms with Gasteiger partial charge in [0.05, 0.1) is 6.54 Å². The Morgan fingerprint density at radius 3 is 2.67 bits per heavy atom. The molecule has 12 heavy (non-hydrogen) atoms. The number of hydrogen-bond donors (Lipinski definition) is 0. The SMILES string of the molecule is CCCCn1nnc(C(C)C)n1. The molecule has 0 N–H and O–H groups in total. The average Bonchev–Trinajstić information content (AvgIpc) is 2.48. The van der Waals surface area contributed by atoms with Gasteiger partial charge in [0.2, 0.25) is 0 Å². The van der Waals surface area contributed by atoms with Gasteiger partial charge in [0.15, 0.2) is 5.82 Å². The maximum atomic E-state index is 4.24. The van der Waals surface area contributed by atoms with Crippen LogP contribution in [0.25, 0.3) is 0 Å². The second-order valence-electron chi connectivity index (χ2n) is 3.25. The molecule has 0 atom stereocenters. The van der Waals surface area contributed by atoms with Crippen molar-refractivity contribution >= 4 is 0 Å². The molecule has 0 aliphatic rings. The Morgan fingerprint density at radius 1 is 1.42 bits per heavy atom. The van der Waals surface area contributed by atoms with E-state index in [0.717, 1.165) is 18.8 Å². The summed E-state index contributed by atoms with van der Waals surface area (Å²) in [6.45, 7) is 7.18. The normalized spacial score (nSPS) is 11.0. The Labute approximate surface area is 73.0 Å². The van der Waals surface area contributed by atoms with E-state index in [2.05, 4.69) is 36.2 Å². The Balaban J connectivity index is 2.52. The van der Waals surface area contributed by atoms with Crippen LogP contribution in [-0.2, 0) is 6.54 Å². The highest BCUT2D eigenvalue weighted by atomic mass is 15.6. The minimum absolute atomic E-state index is 0.375. The molecule has 0 saturated heterocycles. The molecular weight excluding hydrogens is 152 g/mol. The summed E-state index contributed by atoms with van der Waals surface area (Å²) >= 11 is 0. The maximum absolute atomic E-state index is 4.24. The highest BCUT2D eigenvalue weighted by Crippen LogP contribution is 2.05. The van der Waals surface area contributed by atoms with Crippen molar-refractivity contribution in [3.8, 4) is 0 Å². The molecule has 0 spiro atoms. The number of aryl methyl sites for hydroxylation is 1. The van der Waals surface area contributed by atoms with Crippen molar-refractivity contribution in [2.75, 3.05) is 0 Å². The summed E-state index contributed by atoms with van der Waals surface area (Å²) in [5.74, 6) is 1.21. The predicted octanol–water partition coefficient (Wildman–Crippen LogP) is 1.60. The first-order valence-corrected chi connectivity index (χ1v) is 4.51. The van der Waals surface area contributed by atoms with E-state index in [1.807, 2.05) is 0 Å². The summed E-state index contributed by atoms with van der Waals surface area (Å²) in [5, 5.41) is 12.1. The Kier molecular flexibility index (Phi) is 3.19. The van der Waals surface area contributed by atoms with Crippen LogP contribution in [0.4, 0.5) is 0 Å². The van der Waals surface area contributed by atoms with Gasteiger partial charge in [-0.15, -0.1) is 10.2 Å². The lowest BCUT2D eigenvalue weighted by atomic mass is 10.2. The molecule has 68 valence electrons. The van der Waals surface area contributed by atoms with Gasteiger partial charge in [-0.25, -0.2) is 0 Å². The van der Waals surface area contributed by atoms with E-state index in [9.17, 15) is 0 Å². The van der Waals surface area contributed by atoms with Crippen molar-refractivity contribution in [3.05, 3.63) is 5.82 Å². The van der Waals surface area contributed by atoms with Crippen molar-refractivity contribution in [2.45, 2.75) is 46.1 Å². The highest BCUT2D eigenvalue weighted by molar-refractivity contribution is 4.84. The van der Waals surface area contributed by atoms with Crippen LogP contribution in [0.3, 0.4) is 0 Å². The van der Waals surface area contributed by atoms with Gasteiger partial charge in [0.25, 0.3) is 0 Å². The monoisotopic (exact) mass is 168 g/mol. The molecule has 0 unspecified atom stereocenters. The zero-order chi connectivity index (χ0) is 8.97. The summed E-state index contributed by atoms with van der Waals surface area (Å²) in [7, 11) is 0. The third-order valence-electron chi connectivity index (χ3n) is 1.70. The predicted molar refractivity (Wildman–Crippen MR) is 46.8 cm³/mol. The maximum Gasteiger partial charge on any atom is 0.177 e. The van der Waals surface area contributed by atoms with Crippen LogP contribution in [0, 0.1) is 0 Å². The zero-order valence-electron chi connectivity index (χ0n) is 7.99. The molecule has 4 nitrogen and oxygen atoms in total. The van der Waals surface area contributed by atoms with E-state index in [-0.39, 0.29) is 0 Å². The van der Waals surface area contributed by atoms with Gasteiger partial charge in [-0.2, -0.15) is 4.80 Å². The van der Waals surface area contributed by atoms with Crippen LogP contribution in [0.2, 0.25) is 0 Å². The molecule has 1 aromatic heterocycles. The van der Waals surface area contributed by atoms with Crippen molar-refractivity contribution in [2.24, 2.45) is 0 Å². The van der Waals surface area contributed by atoms with E-state index in [1.165, 1.54) is 6.42 Å². The van der Waals surface area contributed by atoms with Crippen LogP contribution in [0.1, 0.15) is 45.4 Å². The molecule has 1 rings (SSSR count). The fourth-order valence-corrected chi connectivity index (χ4v) is 0.881. The summed E-state index contributed by atoms with van der Waals surface area (Å²) in [6, 6.07) is 0. The Hall–Kier alpha value is -0.930. The van der Waals surface area contributed by atoms with Crippen LogP contribution in [0.15, 0.2) is 0 Å². The van der Waals surface area contributed by atoms with Crippen LogP contribution < -0.4 is 0 Å². The zero-order valence-corrected chi connectivity index (χ0v) is 7.99. The molecule has 0 aromatic carbocycles. The number of rotatable bonds is 4. The molecule has 4 heteroatoms.